The highest BCUT2D eigenvalue weighted by atomic mass is 16.2. The molecule has 16 heavy (non-hydrogen) atoms. The van der Waals surface area contributed by atoms with Gasteiger partial charge in [0, 0.05) is 0 Å². The Morgan fingerprint density at radius 1 is 1.12 bits per heavy atom. The Kier molecular flexibility index (Phi) is 2.90. The van der Waals surface area contributed by atoms with Crippen molar-refractivity contribution in [1.29, 1.82) is 0 Å². The first kappa shape index (κ1) is 10.7. The summed E-state index contributed by atoms with van der Waals surface area (Å²) in [5, 5.41) is 1.08. The molecule has 4 heteroatoms. The van der Waals surface area contributed by atoms with E-state index in [0.717, 1.165) is 24.8 Å². The van der Waals surface area contributed by atoms with E-state index in [0.29, 0.717) is 10.7 Å². The van der Waals surface area contributed by atoms with E-state index in [9.17, 15) is 9.59 Å². The maximum absolute atomic E-state index is 11.2. The van der Waals surface area contributed by atoms with Crippen LogP contribution in [0.3, 0.4) is 0 Å². The highest BCUT2D eigenvalue weighted by Crippen LogP contribution is 1.99. The number of benzene rings is 1. The third kappa shape index (κ3) is 1.91. The van der Waals surface area contributed by atoms with Crippen LogP contribution in [-0.2, 0) is 16.0 Å². The van der Waals surface area contributed by atoms with Gasteiger partial charge in [0.05, 0.1) is 10.7 Å². The molecule has 0 fully saturated rings. The van der Waals surface area contributed by atoms with Crippen LogP contribution in [0, 0.1) is 0 Å². The lowest BCUT2D eigenvalue weighted by Crippen LogP contribution is -2.36. The molecule has 0 radical (unpaired) electrons. The van der Waals surface area contributed by atoms with E-state index in [2.05, 4.69) is 16.9 Å². The number of unbranched alkanes of at least 4 members (excludes halogenated alkanes) is 1. The number of carbonyl (C=O) groups is 2. The lowest BCUT2D eigenvalue weighted by Gasteiger charge is -2.03. The molecule has 1 aliphatic heterocycles. The van der Waals surface area contributed by atoms with Gasteiger partial charge >= 0.3 is 11.8 Å². The van der Waals surface area contributed by atoms with Crippen LogP contribution in [0.5, 0.6) is 0 Å². The summed E-state index contributed by atoms with van der Waals surface area (Å²) in [6, 6.07) is 5.47. The summed E-state index contributed by atoms with van der Waals surface area (Å²) in [6.45, 7) is 2.10. The van der Waals surface area contributed by atoms with Gasteiger partial charge < -0.3 is 0 Å². The lowest BCUT2D eigenvalue weighted by atomic mass is 10.1. The molecule has 1 heterocycles. The van der Waals surface area contributed by atoms with E-state index < -0.39 is 11.8 Å². The average molecular weight is 216 g/mol. The Morgan fingerprint density at radius 2 is 1.88 bits per heavy atom. The Balaban J connectivity index is 2.56. The first-order valence-corrected chi connectivity index (χ1v) is 5.36. The number of nitrogens with zero attached hydrogens (tertiary/aromatic N) is 2. The van der Waals surface area contributed by atoms with Crippen LogP contribution in [0.2, 0.25) is 0 Å². The molecular weight excluding hydrogens is 204 g/mol. The van der Waals surface area contributed by atoms with Crippen molar-refractivity contribution in [2.45, 2.75) is 26.2 Å². The average Bonchev–Trinajstić information content (AvgIpc) is 2.28. The molecule has 1 aromatic rings. The SMILES string of the molecule is CCCCc1cccc2c1=NC(=O)C(=O)N=2. The summed E-state index contributed by atoms with van der Waals surface area (Å²) in [6.07, 6.45) is 2.97. The predicted molar refractivity (Wildman–Crippen MR) is 57.4 cm³/mol. The molecule has 2 amide bonds. The zero-order valence-corrected chi connectivity index (χ0v) is 9.06. The summed E-state index contributed by atoms with van der Waals surface area (Å²) >= 11 is 0. The highest BCUT2D eigenvalue weighted by Gasteiger charge is 2.16. The Labute approximate surface area is 92.7 Å². The molecule has 1 aromatic carbocycles. The van der Waals surface area contributed by atoms with Crippen molar-refractivity contribution in [1.82, 2.24) is 0 Å². The standard InChI is InChI=1S/C12H12N2O2/c1-2-3-5-8-6-4-7-9-10(8)14-12(16)11(15)13-9/h4,6-7H,2-3,5H2,1H3. The van der Waals surface area contributed by atoms with Crippen LogP contribution < -0.4 is 10.7 Å². The molecule has 82 valence electrons. The van der Waals surface area contributed by atoms with Gasteiger partial charge in [0.25, 0.3) is 0 Å². The Morgan fingerprint density at radius 3 is 2.62 bits per heavy atom. The predicted octanol–water partition coefficient (Wildman–Crippen LogP) is 0.335. The second-order valence-corrected chi connectivity index (χ2v) is 3.72. The fraction of sp³-hybridized carbons (Fsp3) is 0.333. The lowest BCUT2D eigenvalue weighted by molar-refractivity contribution is -0.135. The zero-order chi connectivity index (χ0) is 11.5. The van der Waals surface area contributed by atoms with Crippen LogP contribution in [-0.4, -0.2) is 11.8 Å². The van der Waals surface area contributed by atoms with Crippen molar-refractivity contribution in [3.05, 3.63) is 34.5 Å². The molecule has 1 aliphatic rings. The van der Waals surface area contributed by atoms with E-state index in [1.807, 2.05) is 12.1 Å². The first-order chi connectivity index (χ1) is 7.72. The van der Waals surface area contributed by atoms with Gasteiger partial charge in [0.1, 0.15) is 0 Å². The minimum absolute atomic E-state index is 0.512. The molecule has 0 unspecified atom stereocenters. The molecule has 0 N–H and O–H groups in total. The minimum atomic E-state index is -0.778. The van der Waals surface area contributed by atoms with Crippen molar-refractivity contribution >= 4 is 11.8 Å². The molecule has 2 rings (SSSR count). The summed E-state index contributed by atoms with van der Waals surface area (Å²) in [4.78, 5) is 29.8. The Bertz CT molecular complexity index is 561. The molecule has 0 aliphatic carbocycles. The van der Waals surface area contributed by atoms with Gasteiger partial charge in [0.15, 0.2) is 0 Å². The number of amides is 2. The first-order valence-electron chi connectivity index (χ1n) is 5.36. The molecule has 0 atom stereocenters. The largest absolute Gasteiger partial charge is 0.338 e. The van der Waals surface area contributed by atoms with Gasteiger partial charge in [0.2, 0.25) is 0 Å². The molecule has 0 spiro atoms. The van der Waals surface area contributed by atoms with Gasteiger partial charge in [-0.3, -0.25) is 9.59 Å². The van der Waals surface area contributed by atoms with E-state index in [1.165, 1.54) is 0 Å². The topological polar surface area (TPSA) is 58.9 Å². The summed E-state index contributed by atoms with van der Waals surface area (Å²) < 4.78 is 0. The van der Waals surface area contributed by atoms with Crippen LogP contribution >= 0.6 is 0 Å². The third-order valence-electron chi connectivity index (χ3n) is 2.52. The van der Waals surface area contributed by atoms with Crippen molar-refractivity contribution in [3.8, 4) is 0 Å². The number of hydrogen-bond donors (Lipinski definition) is 0. The van der Waals surface area contributed by atoms with Crippen molar-refractivity contribution < 1.29 is 9.59 Å². The fourth-order valence-corrected chi connectivity index (χ4v) is 1.67. The zero-order valence-electron chi connectivity index (χ0n) is 9.06. The molecule has 0 bridgehead atoms. The number of carbonyl (C=O) groups excluding carboxylic acids is 2. The maximum atomic E-state index is 11.2. The summed E-state index contributed by atoms with van der Waals surface area (Å²) in [5.74, 6) is -1.54. The monoisotopic (exact) mass is 216 g/mol. The second-order valence-electron chi connectivity index (χ2n) is 3.72. The number of hydrogen-bond acceptors (Lipinski definition) is 2. The van der Waals surface area contributed by atoms with E-state index in [4.69, 9.17) is 0 Å². The van der Waals surface area contributed by atoms with Gasteiger partial charge in [-0.25, -0.2) is 9.98 Å². The summed E-state index contributed by atoms with van der Waals surface area (Å²) in [5.41, 5.74) is 0.990. The molecule has 0 saturated heterocycles. The normalized spacial score (nSPS) is 14.1. The molecule has 0 aromatic heterocycles. The minimum Gasteiger partial charge on any atom is -0.261 e. The highest BCUT2D eigenvalue weighted by molar-refractivity contribution is 6.36. The van der Waals surface area contributed by atoms with Crippen LogP contribution in [0.4, 0.5) is 0 Å². The smallest absolute Gasteiger partial charge is 0.261 e. The number of rotatable bonds is 3. The van der Waals surface area contributed by atoms with Gasteiger partial charge in [-0.2, -0.15) is 0 Å². The third-order valence-corrected chi connectivity index (χ3v) is 2.52. The quantitative estimate of drug-likeness (QED) is 0.684. The van der Waals surface area contributed by atoms with Gasteiger partial charge in [-0.1, -0.05) is 25.5 Å². The van der Waals surface area contributed by atoms with Crippen molar-refractivity contribution in [2.75, 3.05) is 0 Å². The fourth-order valence-electron chi connectivity index (χ4n) is 1.67. The van der Waals surface area contributed by atoms with Crippen LogP contribution in [0.1, 0.15) is 25.3 Å². The number of para-hydroxylation sites is 1. The van der Waals surface area contributed by atoms with E-state index in [1.54, 1.807) is 6.07 Å². The molecule has 4 nitrogen and oxygen atoms in total. The van der Waals surface area contributed by atoms with Gasteiger partial charge in [-0.15, -0.1) is 0 Å². The maximum Gasteiger partial charge on any atom is 0.338 e. The molecular formula is C12H12N2O2. The van der Waals surface area contributed by atoms with Crippen molar-refractivity contribution in [3.63, 3.8) is 0 Å². The number of fused-ring (bicyclic) bond motifs is 1. The van der Waals surface area contributed by atoms with Crippen LogP contribution in [0.25, 0.3) is 0 Å². The number of aryl methyl sites for hydroxylation is 1. The Hall–Kier alpha value is -1.84. The van der Waals surface area contributed by atoms with E-state index in [-0.39, 0.29) is 0 Å². The van der Waals surface area contributed by atoms with Crippen LogP contribution in [0.15, 0.2) is 28.2 Å². The van der Waals surface area contributed by atoms with E-state index >= 15 is 0 Å². The van der Waals surface area contributed by atoms with Gasteiger partial charge in [-0.05, 0) is 24.5 Å². The summed E-state index contributed by atoms with van der Waals surface area (Å²) in [7, 11) is 0. The molecule has 0 saturated carbocycles. The second kappa shape index (κ2) is 4.35. The van der Waals surface area contributed by atoms with Crippen molar-refractivity contribution in [2.24, 2.45) is 9.98 Å².